The zero-order valence-electron chi connectivity index (χ0n) is 22.1. The predicted molar refractivity (Wildman–Crippen MR) is 154 cm³/mol. The van der Waals surface area contributed by atoms with E-state index in [2.05, 4.69) is 32.1 Å². The number of likely N-dealkylation sites (N-methyl/N-ethyl adjacent to an activating group) is 1. The molecule has 5 aromatic rings. The van der Waals surface area contributed by atoms with Crippen molar-refractivity contribution in [2.45, 2.75) is 13.2 Å². The summed E-state index contributed by atoms with van der Waals surface area (Å²) < 4.78 is 3.13. The zero-order chi connectivity index (χ0) is 27.6. The second kappa shape index (κ2) is 10.8. The lowest BCUT2D eigenvalue weighted by atomic mass is 10.1. The monoisotopic (exact) mass is 535 g/mol. The molecule has 1 amide bonds. The number of rotatable bonds is 6. The molecule has 202 valence electrons. The van der Waals surface area contributed by atoms with E-state index in [4.69, 9.17) is 0 Å². The van der Waals surface area contributed by atoms with E-state index in [0.29, 0.717) is 23.3 Å². The fourth-order valence-corrected chi connectivity index (χ4v) is 5.15. The molecule has 1 aliphatic rings. The summed E-state index contributed by atoms with van der Waals surface area (Å²) in [4.78, 5) is 35.5. The van der Waals surface area contributed by atoms with Gasteiger partial charge in [0.2, 0.25) is 5.88 Å². The zero-order valence-corrected chi connectivity index (χ0v) is 22.1. The Hall–Kier alpha value is -4.67. The molecule has 0 saturated carbocycles. The van der Waals surface area contributed by atoms with Crippen molar-refractivity contribution in [1.29, 1.82) is 0 Å². The van der Waals surface area contributed by atoms with Crippen LogP contribution in [0.1, 0.15) is 0 Å². The van der Waals surface area contributed by atoms with Crippen molar-refractivity contribution >= 4 is 33.5 Å². The van der Waals surface area contributed by atoms with Crippen LogP contribution < -0.4 is 5.56 Å². The third-order valence-corrected chi connectivity index (χ3v) is 7.34. The van der Waals surface area contributed by atoms with Gasteiger partial charge in [-0.25, -0.2) is 4.98 Å². The minimum Gasteiger partial charge on any atom is -0.493 e. The van der Waals surface area contributed by atoms with E-state index in [1.807, 2.05) is 60.7 Å². The minimum atomic E-state index is -0.630. The first kappa shape index (κ1) is 25.6. The molecule has 2 aromatic carbocycles. The summed E-state index contributed by atoms with van der Waals surface area (Å²) in [5.74, 6) is -0.679. The number of benzene rings is 2. The van der Waals surface area contributed by atoms with E-state index in [9.17, 15) is 14.7 Å². The number of fused-ring (bicyclic) bond motifs is 2. The Kier molecular flexibility index (Phi) is 6.93. The third kappa shape index (κ3) is 4.90. The summed E-state index contributed by atoms with van der Waals surface area (Å²) in [5.41, 5.74) is 2.30. The molecule has 1 aliphatic heterocycles. The summed E-state index contributed by atoms with van der Waals surface area (Å²) in [6.45, 7) is 3.85. The van der Waals surface area contributed by atoms with Gasteiger partial charge in [-0.05, 0) is 36.9 Å². The fraction of sp³-hybridized carbons (Fsp3) is 0.233. The molecule has 1 fully saturated rings. The van der Waals surface area contributed by atoms with Crippen molar-refractivity contribution < 1.29 is 9.90 Å². The van der Waals surface area contributed by atoms with Crippen molar-refractivity contribution in [3.63, 3.8) is 0 Å². The van der Waals surface area contributed by atoms with Crippen LogP contribution in [0.15, 0.2) is 94.0 Å². The highest BCUT2D eigenvalue weighted by Crippen LogP contribution is 2.39. The van der Waals surface area contributed by atoms with Gasteiger partial charge in [-0.1, -0.05) is 48.5 Å². The Morgan fingerprint density at radius 1 is 0.950 bits per heavy atom. The summed E-state index contributed by atoms with van der Waals surface area (Å²) in [6.07, 6.45) is 1.58. The van der Waals surface area contributed by atoms with Gasteiger partial charge in [-0.3, -0.25) is 23.6 Å². The van der Waals surface area contributed by atoms with Gasteiger partial charge in [0.05, 0.1) is 12.2 Å². The second-order valence-electron chi connectivity index (χ2n) is 10.0. The predicted octanol–water partition coefficient (Wildman–Crippen LogP) is 4.24. The normalized spacial score (nSPS) is 14.9. The molecular formula is C30H29N7O3. The number of para-hydroxylation sites is 1. The molecular weight excluding hydrogens is 506 g/mol. The van der Waals surface area contributed by atoms with Crippen LogP contribution in [0.2, 0.25) is 0 Å². The number of piperazine rings is 1. The number of carbonyl (C=O) groups is 1. The van der Waals surface area contributed by atoms with E-state index in [1.165, 1.54) is 4.57 Å². The van der Waals surface area contributed by atoms with Crippen LogP contribution >= 0.6 is 0 Å². The highest BCUT2D eigenvalue weighted by atomic mass is 16.3. The molecule has 4 heterocycles. The van der Waals surface area contributed by atoms with Gasteiger partial charge >= 0.3 is 0 Å². The number of hydrogen-bond acceptors (Lipinski definition) is 7. The maximum atomic E-state index is 13.5. The molecule has 3 aromatic heterocycles. The smallest absolute Gasteiger partial charge is 0.284 e. The molecule has 6 rings (SSSR count). The first-order chi connectivity index (χ1) is 19.5. The van der Waals surface area contributed by atoms with Gasteiger partial charge < -0.3 is 10.0 Å². The highest BCUT2D eigenvalue weighted by Gasteiger charge is 2.21. The molecule has 10 heteroatoms. The molecule has 0 unspecified atom stereocenters. The molecule has 0 atom stereocenters. The molecule has 0 bridgehead atoms. The van der Waals surface area contributed by atoms with Crippen molar-refractivity contribution in [2.75, 3.05) is 33.2 Å². The van der Waals surface area contributed by atoms with Gasteiger partial charge in [0, 0.05) is 48.7 Å². The van der Waals surface area contributed by atoms with Crippen molar-refractivity contribution in [3.05, 3.63) is 89.3 Å². The number of nitrogens with zero attached hydrogens (tertiary/aromatic N) is 7. The van der Waals surface area contributed by atoms with E-state index >= 15 is 0 Å². The van der Waals surface area contributed by atoms with Gasteiger partial charge in [0.1, 0.15) is 12.2 Å². The van der Waals surface area contributed by atoms with E-state index in [0.717, 1.165) is 42.6 Å². The first-order valence-corrected chi connectivity index (χ1v) is 13.2. The molecule has 1 saturated heterocycles. The summed E-state index contributed by atoms with van der Waals surface area (Å²) in [7, 11) is 2.10. The fourth-order valence-electron chi connectivity index (χ4n) is 5.15. The Labute approximate surface area is 230 Å². The topological polar surface area (TPSA) is 108 Å². The maximum Gasteiger partial charge on any atom is 0.284 e. The van der Waals surface area contributed by atoms with Gasteiger partial charge in [0.25, 0.3) is 11.5 Å². The Morgan fingerprint density at radius 2 is 1.70 bits per heavy atom. The Balaban J connectivity index is 1.32. The summed E-state index contributed by atoms with van der Waals surface area (Å²) >= 11 is 0. The molecule has 10 nitrogen and oxygen atoms in total. The summed E-state index contributed by atoms with van der Waals surface area (Å²) in [5, 5.41) is 20.7. The number of amides is 1. The number of aromatic hydroxyl groups is 1. The largest absolute Gasteiger partial charge is 0.493 e. The standard InChI is InChI=1S/C30H29N7O3/c1-34-14-16-35(17-15-34)20-37-25-12-6-5-11-23(25)27(30(37)40)33-32-26(38)19-36-28-22(10-7-13-31-28)18-24(29(36)39)21-8-3-2-4-9-21/h2-13,18,40H,14-17,19-20H2,1H3. The van der Waals surface area contributed by atoms with Crippen LogP contribution in [0.3, 0.4) is 0 Å². The number of carbonyl (C=O) groups excluding carboxylic acids is 1. The number of pyridine rings is 2. The first-order valence-electron chi connectivity index (χ1n) is 13.2. The lowest BCUT2D eigenvalue weighted by Crippen LogP contribution is -2.44. The van der Waals surface area contributed by atoms with E-state index < -0.39 is 5.91 Å². The average molecular weight is 536 g/mol. The van der Waals surface area contributed by atoms with Crippen LogP contribution in [0.4, 0.5) is 5.69 Å². The van der Waals surface area contributed by atoms with Crippen molar-refractivity contribution in [3.8, 4) is 17.0 Å². The quantitative estimate of drug-likeness (QED) is 0.326. The van der Waals surface area contributed by atoms with Crippen LogP contribution in [0, 0.1) is 0 Å². The van der Waals surface area contributed by atoms with Gasteiger partial charge in [-0.2, -0.15) is 0 Å². The molecule has 40 heavy (non-hydrogen) atoms. The summed E-state index contributed by atoms with van der Waals surface area (Å²) in [6, 6.07) is 22.2. The number of hydrogen-bond donors (Lipinski definition) is 1. The Morgan fingerprint density at radius 3 is 2.50 bits per heavy atom. The lowest BCUT2D eigenvalue weighted by Gasteiger charge is -2.32. The molecule has 0 spiro atoms. The number of aromatic nitrogens is 3. The van der Waals surface area contributed by atoms with Gasteiger partial charge in [0.15, 0.2) is 5.69 Å². The van der Waals surface area contributed by atoms with Crippen LogP contribution in [-0.2, 0) is 18.0 Å². The van der Waals surface area contributed by atoms with E-state index in [-0.39, 0.29) is 23.7 Å². The van der Waals surface area contributed by atoms with Crippen LogP contribution in [0.5, 0.6) is 5.88 Å². The lowest BCUT2D eigenvalue weighted by molar-refractivity contribution is -0.118. The second-order valence-corrected chi connectivity index (χ2v) is 10.0. The minimum absolute atomic E-state index is 0.0490. The third-order valence-electron chi connectivity index (χ3n) is 7.34. The van der Waals surface area contributed by atoms with Gasteiger partial charge in [-0.15, -0.1) is 10.2 Å². The van der Waals surface area contributed by atoms with Crippen LogP contribution in [-0.4, -0.2) is 68.2 Å². The average Bonchev–Trinajstić information content (AvgIpc) is 3.25. The molecule has 0 aliphatic carbocycles. The molecule has 0 radical (unpaired) electrons. The van der Waals surface area contributed by atoms with E-state index in [1.54, 1.807) is 22.9 Å². The van der Waals surface area contributed by atoms with Crippen molar-refractivity contribution in [2.24, 2.45) is 10.2 Å². The Bertz CT molecular complexity index is 1780. The van der Waals surface area contributed by atoms with Crippen molar-refractivity contribution in [1.82, 2.24) is 23.9 Å². The number of azo groups is 1. The van der Waals surface area contributed by atoms with Crippen LogP contribution in [0.25, 0.3) is 33.1 Å². The highest BCUT2D eigenvalue weighted by molar-refractivity contribution is 5.95. The molecule has 1 N–H and O–H groups in total. The SMILES string of the molecule is CN1CCN(Cn2c(O)c(N=NC(=O)Cn3c(=O)c(-c4ccccc4)cc4cccnc43)c3ccccc32)CC1. The maximum absolute atomic E-state index is 13.5.